The smallest absolute Gasteiger partial charge is 0.255 e. The summed E-state index contributed by atoms with van der Waals surface area (Å²) in [4.78, 5) is 17.2. The molecule has 3 aromatic carbocycles. The number of aromatic nitrogens is 1. The maximum atomic E-state index is 12.6. The van der Waals surface area contributed by atoms with Gasteiger partial charge in [-0.1, -0.05) is 12.1 Å². The first-order valence-electron chi connectivity index (χ1n) is 9.96. The van der Waals surface area contributed by atoms with Crippen LogP contribution in [0.2, 0.25) is 0 Å². The molecule has 31 heavy (non-hydrogen) atoms. The zero-order valence-electron chi connectivity index (χ0n) is 18.0. The van der Waals surface area contributed by atoms with Crippen molar-refractivity contribution in [3.63, 3.8) is 0 Å². The molecule has 1 aromatic heterocycles. The van der Waals surface area contributed by atoms with Gasteiger partial charge in [-0.15, -0.1) is 0 Å². The lowest BCUT2D eigenvalue weighted by Crippen LogP contribution is -2.12. The Morgan fingerprint density at radius 1 is 0.935 bits per heavy atom. The van der Waals surface area contributed by atoms with Gasteiger partial charge in [0.05, 0.1) is 14.2 Å². The number of oxazole rings is 1. The van der Waals surface area contributed by atoms with Crippen LogP contribution >= 0.6 is 0 Å². The van der Waals surface area contributed by atoms with Crippen molar-refractivity contribution in [1.29, 1.82) is 0 Å². The summed E-state index contributed by atoms with van der Waals surface area (Å²) in [5.41, 5.74) is 6.29. The van der Waals surface area contributed by atoms with Gasteiger partial charge in [0.15, 0.2) is 23.0 Å². The van der Waals surface area contributed by atoms with Crippen molar-refractivity contribution in [1.82, 2.24) is 4.98 Å². The van der Waals surface area contributed by atoms with Crippen LogP contribution in [0.5, 0.6) is 11.5 Å². The molecular weight excluding hydrogens is 392 g/mol. The van der Waals surface area contributed by atoms with Crippen LogP contribution in [0, 0.1) is 13.8 Å². The zero-order valence-corrected chi connectivity index (χ0v) is 18.0. The second kappa shape index (κ2) is 8.52. The summed E-state index contributed by atoms with van der Waals surface area (Å²) < 4.78 is 16.4. The molecule has 4 aromatic rings. The van der Waals surface area contributed by atoms with Crippen LogP contribution in [0.3, 0.4) is 0 Å². The number of carbonyl (C=O) groups is 1. The number of methoxy groups -OCH3 is 2. The molecule has 1 heterocycles. The summed E-state index contributed by atoms with van der Waals surface area (Å²) in [7, 11) is 3.10. The Bertz CT molecular complexity index is 1200. The van der Waals surface area contributed by atoms with Crippen molar-refractivity contribution < 1.29 is 18.7 Å². The molecular formula is C25H24N2O4. The number of hydrogen-bond donors (Lipinski definition) is 1. The minimum atomic E-state index is -0.224. The molecule has 6 nitrogen and oxygen atoms in total. The van der Waals surface area contributed by atoms with E-state index in [1.54, 1.807) is 25.3 Å². The van der Waals surface area contributed by atoms with E-state index in [0.29, 0.717) is 35.1 Å². The second-order valence-corrected chi connectivity index (χ2v) is 7.41. The number of amides is 1. The fourth-order valence-corrected chi connectivity index (χ4v) is 3.36. The monoisotopic (exact) mass is 416 g/mol. The number of nitrogens with one attached hydrogen (secondary N) is 1. The fraction of sp³-hybridized carbons (Fsp3) is 0.200. The van der Waals surface area contributed by atoms with Gasteiger partial charge < -0.3 is 19.2 Å². The molecule has 1 amide bonds. The van der Waals surface area contributed by atoms with Gasteiger partial charge in [0.25, 0.3) is 5.91 Å². The van der Waals surface area contributed by atoms with Crippen molar-refractivity contribution in [3.05, 3.63) is 82.7 Å². The Morgan fingerprint density at radius 2 is 1.65 bits per heavy atom. The van der Waals surface area contributed by atoms with E-state index in [9.17, 15) is 4.79 Å². The van der Waals surface area contributed by atoms with Crippen LogP contribution < -0.4 is 14.8 Å². The van der Waals surface area contributed by atoms with E-state index in [2.05, 4.69) is 24.1 Å². The summed E-state index contributed by atoms with van der Waals surface area (Å²) in [6.07, 6.45) is 0.580. The van der Waals surface area contributed by atoms with Gasteiger partial charge in [0.2, 0.25) is 0 Å². The third-order valence-corrected chi connectivity index (χ3v) is 5.26. The molecule has 0 unspecified atom stereocenters. The largest absolute Gasteiger partial charge is 0.493 e. The number of ether oxygens (including phenoxy) is 2. The quantitative estimate of drug-likeness (QED) is 0.461. The van der Waals surface area contributed by atoms with Gasteiger partial charge in [-0.2, -0.15) is 0 Å². The average molecular weight is 416 g/mol. The number of benzene rings is 3. The van der Waals surface area contributed by atoms with E-state index in [4.69, 9.17) is 13.9 Å². The first kappa shape index (κ1) is 20.5. The number of anilines is 1. The molecule has 0 bridgehead atoms. The number of nitrogens with zero attached hydrogens (tertiary/aromatic N) is 1. The summed E-state index contributed by atoms with van der Waals surface area (Å²) in [6.45, 7) is 4.13. The van der Waals surface area contributed by atoms with Crippen molar-refractivity contribution in [2.45, 2.75) is 20.3 Å². The maximum absolute atomic E-state index is 12.6. The standard InChI is InChI=1S/C25H24N2O4/c1-15-11-20-22(12-16(15)2)31-24(27-20)13-17-5-8-19(9-6-17)26-25(28)18-7-10-21(29-3)23(14-18)30-4/h5-12,14H,13H2,1-4H3,(H,26,28). The fourth-order valence-electron chi connectivity index (χ4n) is 3.36. The predicted octanol–water partition coefficient (Wildman–Crippen LogP) is 5.30. The highest BCUT2D eigenvalue weighted by Crippen LogP contribution is 2.28. The molecule has 0 aliphatic carbocycles. The molecule has 6 heteroatoms. The van der Waals surface area contributed by atoms with Crippen molar-refractivity contribution >= 4 is 22.7 Å². The van der Waals surface area contributed by atoms with Gasteiger partial charge in [-0.05, 0) is 73.0 Å². The van der Waals surface area contributed by atoms with E-state index in [-0.39, 0.29) is 5.91 Å². The summed E-state index contributed by atoms with van der Waals surface area (Å²) in [5.74, 6) is 1.53. The van der Waals surface area contributed by atoms with E-state index in [0.717, 1.165) is 16.7 Å². The van der Waals surface area contributed by atoms with Crippen LogP contribution in [-0.2, 0) is 6.42 Å². The molecule has 4 rings (SSSR count). The van der Waals surface area contributed by atoms with Gasteiger partial charge in [-0.25, -0.2) is 4.98 Å². The maximum Gasteiger partial charge on any atom is 0.255 e. The van der Waals surface area contributed by atoms with Gasteiger partial charge in [0, 0.05) is 17.7 Å². The van der Waals surface area contributed by atoms with Crippen molar-refractivity contribution in [3.8, 4) is 11.5 Å². The number of rotatable bonds is 6. The molecule has 0 atom stereocenters. The van der Waals surface area contributed by atoms with Crippen LogP contribution in [0.1, 0.15) is 32.9 Å². The molecule has 0 spiro atoms. The first-order valence-corrected chi connectivity index (χ1v) is 9.96. The van der Waals surface area contributed by atoms with E-state index >= 15 is 0 Å². The molecule has 0 aliphatic heterocycles. The highest BCUT2D eigenvalue weighted by Gasteiger charge is 2.12. The predicted molar refractivity (Wildman–Crippen MR) is 120 cm³/mol. The third kappa shape index (κ3) is 4.38. The van der Waals surface area contributed by atoms with Crippen LogP contribution in [0.25, 0.3) is 11.1 Å². The lowest BCUT2D eigenvalue weighted by atomic mass is 10.1. The minimum Gasteiger partial charge on any atom is -0.493 e. The SMILES string of the molecule is COc1ccc(C(=O)Nc2ccc(Cc3nc4cc(C)c(C)cc4o3)cc2)cc1OC. The molecule has 158 valence electrons. The Morgan fingerprint density at radius 3 is 2.35 bits per heavy atom. The zero-order chi connectivity index (χ0) is 22.0. The minimum absolute atomic E-state index is 0.224. The highest BCUT2D eigenvalue weighted by atomic mass is 16.5. The second-order valence-electron chi connectivity index (χ2n) is 7.41. The highest BCUT2D eigenvalue weighted by molar-refractivity contribution is 6.04. The van der Waals surface area contributed by atoms with E-state index < -0.39 is 0 Å². The van der Waals surface area contributed by atoms with Crippen molar-refractivity contribution in [2.24, 2.45) is 0 Å². The van der Waals surface area contributed by atoms with Gasteiger partial charge in [-0.3, -0.25) is 4.79 Å². The van der Waals surface area contributed by atoms with Gasteiger partial charge in [0.1, 0.15) is 5.52 Å². The number of fused-ring (bicyclic) bond motifs is 1. The molecule has 0 radical (unpaired) electrons. The number of aryl methyl sites for hydroxylation is 2. The van der Waals surface area contributed by atoms with Crippen molar-refractivity contribution in [2.75, 3.05) is 19.5 Å². The Balaban J connectivity index is 1.45. The molecule has 1 N–H and O–H groups in total. The Labute approximate surface area is 180 Å². The normalized spacial score (nSPS) is 10.8. The molecule has 0 saturated heterocycles. The Kier molecular flexibility index (Phi) is 5.62. The number of hydrogen-bond acceptors (Lipinski definition) is 5. The number of carbonyl (C=O) groups excluding carboxylic acids is 1. The summed E-state index contributed by atoms with van der Waals surface area (Å²) in [6, 6.07) is 16.8. The third-order valence-electron chi connectivity index (χ3n) is 5.26. The topological polar surface area (TPSA) is 73.6 Å². The Hall–Kier alpha value is -3.80. The summed E-state index contributed by atoms with van der Waals surface area (Å²) >= 11 is 0. The van der Waals surface area contributed by atoms with E-state index in [1.807, 2.05) is 36.4 Å². The first-order chi connectivity index (χ1) is 15.0. The molecule has 0 saturated carbocycles. The lowest BCUT2D eigenvalue weighted by molar-refractivity contribution is 0.102. The van der Waals surface area contributed by atoms with Crippen LogP contribution in [0.4, 0.5) is 5.69 Å². The van der Waals surface area contributed by atoms with Crippen LogP contribution in [-0.4, -0.2) is 25.1 Å². The molecule has 0 aliphatic rings. The van der Waals surface area contributed by atoms with Crippen LogP contribution in [0.15, 0.2) is 59.0 Å². The van der Waals surface area contributed by atoms with E-state index in [1.165, 1.54) is 18.2 Å². The van der Waals surface area contributed by atoms with Gasteiger partial charge >= 0.3 is 0 Å². The molecule has 0 fully saturated rings. The lowest BCUT2D eigenvalue weighted by Gasteiger charge is -2.10. The summed E-state index contributed by atoms with van der Waals surface area (Å²) in [5, 5.41) is 2.90. The average Bonchev–Trinajstić information content (AvgIpc) is 3.15.